The van der Waals surface area contributed by atoms with Gasteiger partial charge in [0.25, 0.3) is 0 Å². The first-order chi connectivity index (χ1) is 13.4. The van der Waals surface area contributed by atoms with E-state index >= 15 is 0 Å². The van der Waals surface area contributed by atoms with Crippen LogP contribution in [0.15, 0.2) is 35.0 Å². The second kappa shape index (κ2) is 7.66. The first-order valence-corrected chi connectivity index (χ1v) is 10.4. The summed E-state index contributed by atoms with van der Waals surface area (Å²) < 4.78 is 39.7. The van der Waals surface area contributed by atoms with Crippen LogP contribution in [-0.4, -0.2) is 30.6 Å². The summed E-state index contributed by atoms with van der Waals surface area (Å²) in [5.41, 5.74) is 1.23. The van der Waals surface area contributed by atoms with Crippen molar-refractivity contribution in [3.8, 4) is 0 Å². The van der Waals surface area contributed by atoms with Crippen molar-refractivity contribution in [1.29, 1.82) is 0 Å². The molecule has 0 radical (unpaired) electrons. The van der Waals surface area contributed by atoms with Crippen molar-refractivity contribution in [3.05, 3.63) is 46.2 Å². The average Bonchev–Trinajstić information content (AvgIpc) is 3.41. The van der Waals surface area contributed by atoms with Gasteiger partial charge in [-0.3, -0.25) is 0 Å². The van der Waals surface area contributed by atoms with Gasteiger partial charge in [-0.25, -0.2) is 4.79 Å². The van der Waals surface area contributed by atoms with Crippen LogP contribution in [0, 0.1) is 0 Å². The maximum Gasteiger partial charge on any atom is 0.416 e. The van der Waals surface area contributed by atoms with Crippen molar-refractivity contribution in [2.45, 2.75) is 37.9 Å². The van der Waals surface area contributed by atoms with Crippen LogP contribution in [0.5, 0.6) is 0 Å². The number of hydrogen-bond donors (Lipinski definition) is 1. The van der Waals surface area contributed by atoms with E-state index in [9.17, 15) is 18.0 Å². The van der Waals surface area contributed by atoms with Crippen LogP contribution in [0.1, 0.15) is 42.9 Å². The molecule has 2 amide bonds. The number of carbonyl (C=O) groups is 1. The molecule has 8 heteroatoms. The minimum absolute atomic E-state index is 0.0210. The number of anilines is 2. The second-order valence-electron chi connectivity index (χ2n) is 7.26. The van der Waals surface area contributed by atoms with Gasteiger partial charge in [0.2, 0.25) is 0 Å². The molecule has 2 fully saturated rings. The lowest BCUT2D eigenvalue weighted by atomic mass is 10.1. The lowest BCUT2D eigenvalue weighted by molar-refractivity contribution is -0.137. The Morgan fingerprint density at radius 3 is 2.57 bits per heavy atom. The summed E-state index contributed by atoms with van der Waals surface area (Å²) in [6.45, 7) is 2.18. The van der Waals surface area contributed by atoms with Gasteiger partial charge in [0.05, 0.1) is 23.0 Å². The number of nitrogens with zero attached hydrogens (tertiary/aromatic N) is 2. The number of amides is 2. The van der Waals surface area contributed by atoms with E-state index in [4.69, 9.17) is 0 Å². The third kappa shape index (κ3) is 3.83. The first kappa shape index (κ1) is 19.1. The third-order valence-electron chi connectivity index (χ3n) is 5.45. The van der Waals surface area contributed by atoms with E-state index in [1.807, 2.05) is 21.7 Å². The smallest absolute Gasteiger partial charge is 0.370 e. The van der Waals surface area contributed by atoms with Gasteiger partial charge in [0.15, 0.2) is 0 Å². The number of rotatable bonds is 3. The zero-order valence-electron chi connectivity index (χ0n) is 15.3. The van der Waals surface area contributed by atoms with E-state index < -0.39 is 11.7 Å². The van der Waals surface area contributed by atoms with E-state index in [0.29, 0.717) is 12.2 Å². The summed E-state index contributed by atoms with van der Waals surface area (Å²) in [5, 5.41) is 6.78. The fourth-order valence-corrected chi connectivity index (χ4v) is 4.76. The van der Waals surface area contributed by atoms with Crippen LogP contribution in [0.4, 0.5) is 29.3 Å². The number of hydrogen-bond acceptors (Lipinski definition) is 3. The molecule has 1 atom stereocenters. The minimum atomic E-state index is -4.45. The molecule has 0 aliphatic carbocycles. The van der Waals surface area contributed by atoms with Crippen molar-refractivity contribution in [3.63, 3.8) is 0 Å². The van der Waals surface area contributed by atoms with Gasteiger partial charge in [-0.1, -0.05) is 0 Å². The highest BCUT2D eigenvalue weighted by molar-refractivity contribution is 7.08. The number of halogens is 3. The lowest BCUT2D eigenvalue weighted by Crippen LogP contribution is -2.35. The SMILES string of the molecule is O=C(Nc1cc(C(F)(F)F)ccc1N1CCCC1)N1CCC[C@@H]1c1ccsc1. The van der Waals surface area contributed by atoms with Crippen molar-refractivity contribution >= 4 is 28.7 Å². The summed E-state index contributed by atoms with van der Waals surface area (Å²) in [7, 11) is 0. The van der Waals surface area contributed by atoms with E-state index in [2.05, 4.69) is 5.32 Å². The summed E-state index contributed by atoms with van der Waals surface area (Å²) in [4.78, 5) is 16.7. The van der Waals surface area contributed by atoms with Gasteiger partial charge in [0, 0.05) is 19.6 Å². The van der Waals surface area contributed by atoms with Crippen LogP contribution >= 0.6 is 11.3 Å². The maximum absolute atomic E-state index is 13.2. The van der Waals surface area contributed by atoms with E-state index in [0.717, 1.165) is 56.5 Å². The normalized spacial score (nSPS) is 20.0. The molecule has 1 N–H and O–H groups in total. The van der Waals surface area contributed by atoms with Crippen LogP contribution in [0.3, 0.4) is 0 Å². The minimum Gasteiger partial charge on any atom is -0.370 e. The van der Waals surface area contributed by atoms with E-state index in [1.165, 1.54) is 6.07 Å². The fraction of sp³-hybridized carbons (Fsp3) is 0.450. The number of benzene rings is 1. The highest BCUT2D eigenvalue weighted by Gasteiger charge is 2.34. The highest BCUT2D eigenvalue weighted by atomic mass is 32.1. The Balaban J connectivity index is 1.61. The molecular weight excluding hydrogens is 387 g/mol. The van der Waals surface area contributed by atoms with Crippen molar-refractivity contribution in [2.24, 2.45) is 0 Å². The van der Waals surface area contributed by atoms with Crippen molar-refractivity contribution < 1.29 is 18.0 Å². The summed E-state index contributed by atoms with van der Waals surface area (Å²) >= 11 is 1.58. The largest absolute Gasteiger partial charge is 0.416 e. The molecule has 2 aliphatic heterocycles. The number of nitrogens with one attached hydrogen (secondary N) is 1. The lowest BCUT2D eigenvalue weighted by Gasteiger charge is -2.27. The monoisotopic (exact) mass is 409 g/mol. The van der Waals surface area contributed by atoms with Crippen LogP contribution in [0.25, 0.3) is 0 Å². The molecule has 4 rings (SSSR count). The van der Waals surface area contributed by atoms with Gasteiger partial charge in [-0.15, -0.1) is 0 Å². The summed E-state index contributed by atoms with van der Waals surface area (Å²) in [5.74, 6) is 0. The second-order valence-corrected chi connectivity index (χ2v) is 8.04. The van der Waals surface area contributed by atoms with E-state index in [-0.39, 0.29) is 17.8 Å². The van der Waals surface area contributed by atoms with Gasteiger partial charge >= 0.3 is 12.2 Å². The average molecular weight is 409 g/mol. The highest BCUT2D eigenvalue weighted by Crippen LogP contribution is 2.38. The zero-order chi connectivity index (χ0) is 19.7. The number of alkyl halides is 3. The predicted octanol–water partition coefficient (Wildman–Crippen LogP) is 5.74. The van der Waals surface area contributed by atoms with Crippen LogP contribution in [-0.2, 0) is 6.18 Å². The van der Waals surface area contributed by atoms with Gasteiger partial charge < -0.3 is 15.1 Å². The van der Waals surface area contributed by atoms with E-state index in [1.54, 1.807) is 16.2 Å². The Hall–Kier alpha value is -2.22. The van der Waals surface area contributed by atoms with Crippen molar-refractivity contribution in [1.82, 2.24) is 4.90 Å². The molecule has 0 unspecified atom stereocenters. The van der Waals surface area contributed by atoms with Crippen LogP contribution < -0.4 is 10.2 Å². The molecule has 1 aromatic heterocycles. The fourth-order valence-electron chi connectivity index (χ4n) is 4.05. The van der Waals surface area contributed by atoms with Crippen LogP contribution in [0.2, 0.25) is 0 Å². The Morgan fingerprint density at radius 2 is 1.89 bits per heavy atom. The molecule has 2 saturated heterocycles. The molecule has 150 valence electrons. The molecule has 28 heavy (non-hydrogen) atoms. The maximum atomic E-state index is 13.2. The number of likely N-dealkylation sites (tertiary alicyclic amines) is 1. The Kier molecular flexibility index (Phi) is 5.23. The van der Waals surface area contributed by atoms with Crippen molar-refractivity contribution in [2.75, 3.05) is 29.9 Å². The summed E-state index contributed by atoms with van der Waals surface area (Å²) in [6, 6.07) is 5.26. The zero-order valence-corrected chi connectivity index (χ0v) is 16.2. The summed E-state index contributed by atoms with van der Waals surface area (Å²) in [6.07, 6.45) is -0.696. The predicted molar refractivity (Wildman–Crippen MR) is 105 cm³/mol. The molecule has 0 bridgehead atoms. The Morgan fingerprint density at radius 1 is 1.11 bits per heavy atom. The molecule has 3 heterocycles. The molecular formula is C20H22F3N3OS. The molecule has 2 aliphatic rings. The molecule has 0 saturated carbocycles. The molecule has 2 aromatic rings. The standard InChI is InChI=1S/C20H22F3N3OS/c21-20(22,23)15-5-6-18(25-8-1-2-9-25)16(12-15)24-19(27)26-10-3-4-17(26)14-7-11-28-13-14/h5-7,11-13,17H,1-4,8-10H2,(H,24,27)/t17-/m1/s1. The quantitative estimate of drug-likeness (QED) is 0.702. The van der Waals surface area contributed by atoms with Gasteiger partial charge in [0.1, 0.15) is 0 Å². The first-order valence-electron chi connectivity index (χ1n) is 9.49. The number of thiophene rings is 1. The molecule has 4 nitrogen and oxygen atoms in total. The third-order valence-corrected chi connectivity index (χ3v) is 6.16. The molecule has 0 spiro atoms. The molecule has 1 aromatic carbocycles. The van der Waals surface area contributed by atoms with Gasteiger partial charge in [-0.05, 0) is 66.3 Å². The topological polar surface area (TPSA) is 35.6 Å². The number of urea groups is 1. The Labute approximate surface area is 165 Å². The Bertz CT molecular complexity index is 832. The number of carbonyl (C=O) groups excluding carboxylic acids is 1. The van der Waals surface area contributed by atoms with Gasteiger partial charge in [-0.2, -0.15) is 24.5 Å².